The van der Waals surface area contributed by atoms with E-state index in [0.717, 1.165) is 27.0 Å². The highest BCUT2D eigenvalue weighted by Gasteiger charge is 2.41. The predicted molar refractivity (Wildman–Crippen MR) is 94.2 cm³/mol. The van der Waals surface area contributed by atoms with Crippen LogP contribution in [-0.2, 0) is 5.75 Å². The smallest absolute Gasteiger partial charge is 0.203 e. The summed E-state index contributed by atoms with van der Waals surface area (Å²) in [4.78, 5) is 0.326. The molecule has 0 saturated carbocycles. The van der Waals surface area contributed by atoms with Crippen LogP contribution >= 0.6 is 27.7 Å². The van der Waals surface area contributed by atoms with Crippen LogP contribution in [0.3, 0.4) is 0 Å². The van der Waals surface area contributed by atoms with Gasteiger partial charge in [-0.05, 0) is 18.2 Å². The molecule has 21 heavy (non-hydrogen) atoms. The van der Waals surface area contributed by atoms with Crippen molar-refractivity contribution < 1.29 is 10.2 Å². The molecular weight excluding hydrogens is 366 g/mol. The number of hydrogen-bond acceptors (Lipinski definition) is 3. The van der Waals surface area contributed by atoms with E-state index in [2.05, 4.69) is 35.6 Å². The third-order valence-electron chi connectivity index (χ3n) is 3.77. The van der Waals surface area contributed by atoms with Gasteiger partial charge in [-0.25, -0.2) is 0 Å². The normalized spacial score (nSPS) is 18.0. The summed E-state index contributed by atoms with van der Waals surface area (Å²) < 4.78 is 2.48. The van der Waals surface area contributed by atoms with Crippen LogP contribution < -0.4 is 0 Å². The number of aromatic nitrogens is 1. The Kier molecular flexibility index (Phi) is 3.66. The zero-order chi connectivity index (χ0) is 15.4. The number of benzene rings is 1. The highest BCUT2D eigenvalue weighted by atomic mass is 79.9. The fraction of sp³-hybridized carbons (Fsp3) is 0.333. The van der Waals surface area contributed by atoms with Crippen LogP contribution in [0.5, 0.6) is 11.8 Å². The summed E-state index contributed by atoms with van der Waals surface area (Å²) in [6.45, 7) is 6.89. The summed E-state index contributed by atoms with van der Waals surface area (Å²) in [6, 6.07) is 7.60. The first-order valence-corrected chi connectivity index (χ1v) is 12.3. The lowest BCUT2D eigenvalue weighted by molar-refractivity contribution is 0.399. The zero-order valence-corrected chi connectivity index (χ0v) is 15.6. The molecule has 0 aliphatic carbocycles. The van der Waals surface area contributed by atoms with Crippen molar-refractivity contribution in [2.45, 2.75) is 30.3 Å². The van der Waals surface area contributed by atoms with Crippen LogP contribution in [0.4, 0.5) is 0 Å². The highest BCUT2D eigenvalue weighted by Crippen LogP contribution is 2.55. The Labute approximate surface area is 138 Å². The Bertz CT molecular complexity index is 708. The second kappa shape index (κ2) is 5.10. The number of rotatable bonds is 2. The minimum absolute atomic E-state index is 0.175. The lowest BCUT2D eigenvalue weighted by Gasteiger charge is -2.24. The van der Waals surface area contributed by atoms with Gasteiger partial charge in [-0.3, -0.25) is 4.57 Å². The number of nitrogens with zero attached hydrogens (tertiary/aromatic N) is 1. The molecule has 0 unspecified atom stereocenters. The molecule has 2 aromatic rings. The molecule has 0 spiro atoms. The molecule has 1 atom stereocenters. The van der Waals surface area contributed by atoms with Crippen LogP contribution in [0.25, 0.3) is 5.69 Å². The SMILES string of the molecule is C[Si](C)(C)[C@H]1SCc2c1c(O)n(-c1cccc(Br)c1)c2O. The Morgan fingerprint density at radius 3 is 2.57 bits per heavy atom. The first kappa shape index (κ1) is 15.1. The Morgan fingerprint density at radius 2 is 1.95 bits per heavy atom. The first-order chi connectivity index (χ1) is 9.80. The molecule has 0 saturated heterocycles. The average molecular weight is 384 g/mol. The van der Waals surface area contributed by atoms with E-state index < -0.39 is 8.07 Å². The van der Waals surface area contributed by atoms with Crippen molar-refractivity contribution in [1.82, 2.24) is 4.57 Å². The van der Waals surface area contributed by atoms with Gasteiger partial charge in [0.05, 0.1) is 13.8 Å². The third-order valence-corrected chi connectivity index (χ3v) is 9.77. The van der Waals surface area contributed by atoms with Crippen LogP contribution in [0.1, 0.15) is 16.0 Å². The van der Waals surface area contributed by atoms with Gasteiger partial charge < -0.3 is 10.2 Å². The van der Waals surface area contributed by atoms with Crippen molar-refractivity contribution in [2.75, 3.05) is 0 Å². The van der Waals surface area contributed by atoms with E-state index in [1.165, 1.54) is 0 Å². The largest absolute Gasteiger partial charge is 0.494 e. The fourth-order valence-corrected chi connectivity index (χ4v) is 7.66. The minimum atomic E-state index is -1.46. The molecule has 6 heteroatoms. The molecular formula is C15H18BrNO2SSi. The molecule has 2 heterocycles. The number of halogens is 1. The molecule has 0 radical (unpaired) electrons. The molecule has 112 valence electrons. The van der Waals surface area contributed by atoms with Gasteiger partial charge in [0, 0.05) is 26.2 Å². The van der Waals surface area contributed by atoms with Crippen molar-refractivity contribution in [1.29, 1.82) is 0 Å². The van der Waals surface area contributed by atoms with Crippen molar-refractivity contribution in [2.24, 2.45) is 0 Å². The number of aromatic hydroxyl groups is 2. The maximum atomic E-state index is 10.7. The topological polar surface area (TPSA) is 45.4 Å². The van der Waals surface area contributed by atoms with E-state index in [9.17, 15) is 10.2 Å². The van der Waals surface area contributed by atoms with E-state index in [1.807, 2.05) is 36.0 Å². The van der Waals surface area contributed by atoms with Crippen molar-refractivity contribution in [3.05, 3.63) is 39.9 Å². The maximum Gasteiger partial charge on any atom is 0.203 e. The first-order valence-electron chi connectivity index (χ1n) is 6.83. The number of thioether (sulfide) groups is 1. The monoisotopic (exact) mass is 383 g/mol. The third kappa shape index (κ3) is 2.43. The fourth-order valence-electron chi connectivity index (χ4n) is 2.82. The van der Waals surface area contributed by atoms with E-state index in [0.29, 0.717) is 4.87 Å². The lowest BCUT2D eigenvalue weighted by atomic mass is 10.2. The standard InChI is InChI=1S/C15H18BrNO2SSi/c1-21(2,3)15-12-11(8-20-15)13(18)17(14(12)19)10-6-4-5-9(16)7-10/h4-7,15,18-19H,8H2,1-3H3/t15-/m1/s1. The Hall–Kier alpha value is -0.853. The van der Waals surface area contributed by atoms with E-state index in [-0.39, 0.29) is 11.8 Å². The lowest BCUT2D eigenvalue weighted by Crippen LogP contribution is -2.27. The van der Waals surface area contributed by atoms with Gasteiger partial charge in [-0.15, -0.1) is 0 Å². The highest BCUT2D eigenvalue weighted by molar-refractivity contribution is 9.10. The van der Waals surface area contributed by atoms with Gasteiger partial charge in [-0.1, -0.05) is 41.6 Å². The van der Waals surface area contributed by atoms with E-state index in [1.54, 1.807) is 4.57 Å². The average Bonchev–Trinajstić information content (AvgIpc) is 2.91. The quantitative estimate of drug-likeness (QED) is 0.730. The molecule has 1 aromatic heterocycles. The number of hydrogen-bond donors (Lipinski definition) is 2. The van der Waals surface area contributed by atoms with Gasteiger partial charge in [0.15, 0.2) is 0 Å². The van der Waals surface area contributed by atoms with Crippen LogP contribution in [-0.4, -0.2) is 22.9 Å². The molecule has 1 aliphatic heterocycles. The van der Waals surface area contributed by atoms with Crippen molar-refractivity contribution in [3.8, 4) is 17.4 Å². The molecule has 0 bridgehead atoms. The summed E-state index contributed by atoms with van der Waals surface area (Å²) in [7, 11) is -1.46. The maximum absolute atomic E-state index is 10.7. The Morgan fingerprint density at radius 1 is 1.24 bits per heavy atom. The second-order valence-electron chi connectivity index (χ2n) is 6.41. The van der Waals surface area contributed by atoms with Gasteiger partial charge in [0.1, 0.15) is 0 Å². The van der Waals surface area contributed by atoms with Crippen LogP contribution in [0, 0.1) is 0 Å². The summed E-state index contributed by atoms with van der Waals surface area (Å²) in [5, 5.41) is 21.3. The predicted octanol–water partition coefficient (Wildman–Crippen LogP) is 4.82. The second-order valence-corrected chi connectivity index (χ2v) is 14.1. The molecule has 0 fully saturated rings. The van der Waals surface area contributed by atoms with Crippen molar-refractivity contribution in [3.63, 3.8) is 0 Å². The molecule has 3 nitrogen and oxygen atoms in total. The zero-order valence-electron chi connectivity index (χ0n) is 12.2. The summed E-state index contributed by atoms with van der Waals surface area (Å²) in [6.07, 6.45) is 0. The van der Waals surface area contributed by atoms with Crippen LogP contribution in [0.15, 0.2) is 28.7 Å². The van der Waals surface area contributed by atoms with Gasteiger partial charge in [-0.2, -0.15) is 11.8 Å². The van der Waals surface area contributed by atoms with Crippen LogP contribution in [0.2, 0.25) is 19.6 Å². The molecule has 1 aliphatic rings. The summed E-state index contributed by atoms with van der Waals surface area (Å²) in [5.41, 5.74) is 2.61. The number of fused-ring (bicyclic) bond motifs is 1. The minimum Gasteiger partial charge on any atom is -0.494 e. The van der Waals surface area contributed by atoms with Gasteiger partial charge in [0.2, 0.25) is 11.8 Å². The Balaban J connectivity index is 2.19. The van der Waals surface area contributed by atoms with E-state index >= 15 is 0 Å². The molecule has 3 rings (SSSR count). The van der Waals surface area contributed by atoms with Gasteiger partial charge >= 0.3 is 0 Å². The van der Waals surface area contributed by atoms with Crippen molar-refractivity contribution >= 4 is 35.8 Å². The summed E-state index contributed by atoms with van der Waals surface area (Å²) >= 11 is 5.27. The summed E-state index contributed by atoms with van der Waals surface area (Å²) in [5.74, 6) is 1.14. The molecule has 1 aromatic carbocycles. The molecule has 0 amide bonds. The van der Waals surface area contributed by atoms with E-state index in [4.69, 9.17) is 0 Å². The molecule has 2 N–H and O–H groups in total. The van der Waals surface area contributed by atoms with Gasteiger partial charge in [0.25, 0.3) is 0 Å².